The van der Waals surface area contributed by atoms with Crippen LogP contribution < -0.4 is 5.32 Å². The molecule has 0 saturated heterocycles. The lowest BCUT2D eigenvalue weighted by molar-refractivity contribution is 0.0919. The van der Waals surface area contributed by atoms with Gasteiger partial charge < -0.3 is 14.5 Å². The third kappa shape index (κ3) is 4.47. The van der Waals surface area contributed by atoms with Crippen LogP contribution >= 0.6 is 15.9 Å². The van der Waals surface area contributed by atoms with Gasteiger partial charge in [-0.2, -0.15) is 0 Å². The number of benzene rings is 1. The second-order valence-corrected chi connectivity index (χ2v) is 5.64. The molecule has 3 nitrogen and oxygen atoms in total. The van der Waals surface area contributed by atoms with Crippen LogP contribution in [0.15, 0.2) is 39.2 Å². The minimum Gasteiger partial charge on any atom is -0.462 e. The number of halogens is 1. The normalized spacial score (nSPS) is 10.9. The highest BCUT2D eigenvalue weighted by Gasteiger charge is 2.07. The molecule has 0 atom stereocenters. The van der Waals surface area contributed by atoms with Crippen molar-refractivity contribution in [2.75, 3.05) is 6.54 Å². The van der Waals surface area contributed by atoms with Crippen molar-refractivity contribution in [3.8, 4) is 0 Å². The number of hydrogen-bond donors (Lipinski definition) is 1. The zero-order valence-electron chi connectivity index (χ0n) is 11.9. The fourth-order valence-electron chi connectivity index (χ4n) is 1.97. The second kappa shape index (κ2) is 7.62. The molecule has 0 radical (unpaired) electrons. The van der Waals surface area contributed by atoms with Crippen molar-refractivity contribution in [2.24, 2.45) is 0 Å². The van der Waals surface area contributed by atoms with Gasteiger partial charge in [-0.1, -0.05) is 35.0 Å². The molecular weight excluding hydrogens is 318 g/mol. The van der Waals surface area contributed by atoms with E-state index < -0.39 is 0 Å². The molecule has 0 aliphatic rings. The van der Waals surface area contributed by atoms with Crippen LogP contribution in [0.4, 0.5) is 0 Å². The van der Waals surface area contributed by atoms with E-state index in [1.807, 2.05) is 18.2 Å². The van der Waals surface area contributed by atoms with Gasteiger partial charge in [-0.25, -0.2) is 0 Å². The smallest absolute Gasteiger partial charge is 0.130 e. The second-order valence-electron chi connectivity index (χ2n) is 4.72. The van der Waals surface area contributed by atoms with Crippen LogP contribution in [0.3, 0.4) is 0 Å². The number of rotatable bonds is 7. The summed E-state index contributed by atoms with van der Waals surface area (Å²) in [5, 5.41) is 3.27. The number of furan rings is 1. The largest absolute Gasteiger partial charge is 0.462 e. The molecule has 0 bridgehead atoms. The quantitative estimate of drug-likeness (QED) is 0.823. The molecule has 0 saturated carbocycles. The molecule has 2 aromatic rings. The fraction of sp³-hybridized carbons (Fsp3) is 0.375. The van der Waals surface area contributed by atoms with E-state index in [-0.39, 0.29) is 0 Å². The monoisotopic (exact) mass is 337 g/mol. The Balaban J connectivity index is 1.85. The van der Waals surface area contributed by atoms with E-state index in [0.717, 1.165) is 34.6 Å². The molecule has 1 heterocycles. The first-order valence-corrected chi connectivity index (χ1v) is 7.59. The molecule has 0 fully saturated rings. The molecule has 20 heavy (non-hydrogen) atoms. The van der Waals surface area contributed by atoms with Crippen LogP contribution in [-0.4, -0.2) is 6.54 Å². The first-order valence-electron chi connectivity index (χ1n) is 6.80. The lowest BCUT2D eigenvalue weighted by Gasteiger charge is -2.03. The van der Waals surface area contributed by atoms with Crippen molar-refractivity contribution in [1.82, 2.24) is 5.32 Å². The fourth-order valence-corrected chi connectivity index (χ4v) is 2.42. The van der Waals surface area contributed by atoms with E-state index >= 15 is 0 Å². The summed E-state index contributed by atoms with van der Waals surface area (Å²) in [7, 11) is 0. The summed E-state index contributed by atoms with van der Waals surface area (Å²) in [6.07, 6.45) is 0. The Morgan fingerprint density at radius 1 is 1.25 bits per heavy atom. The average Bonchev–Trinajstić information content (AvgIpc) is 2.77. The Morgan fingerprint density at radius 3 is 2.85 bits per heavy atom. The van der Waals surface area contributed by atoms with Gasteiger partial charge in [0.25, 0.3) is 0 Å². The molecule has 0 unspecified atom stereocenters. The third-order valence-corrected chi connectivity index (χ3v) is 3.50. The highest BCUT2D eigenvalue weighted by Crippen LogP contribution is 2.17. The molecule has 4 heteroatoms. The summed E-state index contributed by atoms with van der Waals surface area (Å²) >= 11 is 3.45. The van der Waals surface area contributed by atoms with Gasteiger partial charge in [-0.15, -0.1) is 0 Å². The van der Waals surface area contributed by atoms with Crippen LogP contribution in [0.5, 0.6) is 0 Å². The van der Waals surface area contributed by atoms with Gasteiger partial charge in [0.15, 0.2) is 0 Å². The van der Waals surface area contributed by atoms with E-state index in [2.05, 4.69) is 47.2 Å². The predicted octanol–water partition coefficient (Wildman–Crippen LogP) is 4.18. The van der Waals surface area contributed by atoms with Gasteiger partial charge in [-0.05, 0) is 42.8 Å². The van der Waals surface area contributed by atoms with Gasteiger partial charge >= 0.3 is 0 Å². The van der Waals surface area contributed by atoms with Crippen LogP contribution in [0.25, 0.3) is 0 Å². The molecule has 1 aromatic carbocycles. The summed E-state index contributed by atoms with van der Waals surface area (Å²) in [5.74, 6) is 1.87. The first kappa shape index (κ1) is 15.3. The van der Waals surface area contributed by atoms with Crippen LogP contribution in [-0.2, 0) is 24.5 Å². The van der Waals surface area contributed by atoms with Crippen molar-refractivity contribution < 1.29 is 9.15 Å². The van der Waals surface area contributed by atoms with Gasteiger partial charge in [0.1, 0.15) is 18.1 Å². The van der Waals surface area contributed by atoms with Gasteiger partial charge in [-0.3, -0.25) is 0 Å². The zero-order chi connectivity index (χ0) is 14.4. The summed E-state index contributed by atoms with van der Waals surface area (Å²) in [5.41, 5.74) is 2.32. The van der Waals surface area contributed by atoms with Crippen molar-refractivity contribution >= 4 is 15.9 Å². The number of hydrogen-bond acceptors (Lipinski definition) is 3. The third-order valence-electron chi connectivity index (χ3n) is 3.01. The predicted molar refractivity (Wildman–Crippen MR) is 83.5 cm³/mol. The Kier molecular flexibility index (Phi) is 5.83. The van der Waals surface area contributed by atoms with Gasteiger partial charge in [0.2, 0.25) is 0 Å². The van der Waals surface area contributed by atoms with E-state index in [9.17, 15) is 0 Å². The molecular formula is C16H20BrNO2. The molecule has 2 rings (SSSR count). The van der Waals surface area contributed by atoms with Crippen molar-refractivity contribution in [3.05, 3.63) is 57.5 Å². The van der Waals surface area contributed by atoms with E-state index in [1.54, 1.807) is 0 Å². The first-order chi connectivity index (χ1) is 9.69. The molecule has 0 aliphatic heterocycles. The summed E-state index contributed by atoms with van der Waals surface area (Å²) in [6.45, 7) is 6.94. The minimum absolute atomic E-state index is 0.499. The Labute approximate surface area is 128 Å². The highest BCUT2D eigenvalue weighted by atomic mass is 79.9. The van der Waals surface area contributed by atoms with Crippen LogP contribution in [0, 0.1) is 6.92 Å². The van der Waals surface area contributed by atoms with Gasteiger partial charge in [0.05, 0.1) is 13.2 Å². The average molecular weight is 338 g/mol. The number of nitrogens with one attached hydrogen (secondary N) is 1. The topological polar surface area (TPSA) is 34.4 Å². The molecule has 0 amide bonds. The molecule has 108 valence electrons. The van der Waals surface area contributed by atoms with E-state index in [1.165, 1.54) is 5.56 Å². The standard InChI is InChI=1S/C16H20BrNO2/c1-3-18-9-16-12(2)7-15(20-16)11-19-10-13-5-4-6-14(17)8-13/h4-8,18H,3,9-11H2,1-2H3. The zero-order valence-corrected chi connectivity index (χ0v) is 13.5. The van der Waals surface area contributed by atoms with E-state index in [0.29, 0.717) is 13.2 Å². The summed E-state index contributed by atoms with van der Waals surface area (Å²) in [6, 6.07) is 10.2. The Bertz CT molecular complexity index is 551. The Hall–Kier alpha value is -1.10. The maximum Gasteiger partial charge on any atom is 0.130 e. The summed E-state index contributed by atoms with van der Waals surface area (Å²) in [4.78, 5) is 0. The minimum atomic E-state index is 0.499. The van der Waals surface area contributed by atoms with Crippen molar-refractivity contribution in [3.63, 3.8) is 0 Å². The number of aryl methyl sites for hydroxylation is 1. The lowest BCUT2D eigenvalue weighted by atomic mass is 10.2. The van der Waals surface area contributed by atoms with Crippen molar-refractivity contribution in [1.29, 1.82) is 0 Å². The SMILES string of the molecule is CCNCc1oc(COCc2cccc(Br)c2)cc1C. The van der Waals surface area contributed by atoms with Gasteiger partial charge in [0, 0.05) is 4.47 Å². The molecule has 1 N–H and O–H groups in total. The molecule has 0 spiro atoms. The van der Waals surface area contributed by atoms with E-state index in [4.69, 9.17) is 9.15 Å². The maximum atomic E-state index is 5.78. The number of ether oxygens (including phenoxy) is 1. The summed E-state index contributed by atoms with van der Waals surface area (Å²) < 4.78 is 12.5. The van der Waals surface area contributed by atoms with Crippen LogP contribution in [0.1, 0.15) is 29.6 Å². The highest BCUT2D eigenvalue weighted by molar-refractivity contribution is 9.10. The lowest BCUT2D eigenvalue weighted by Crippen LogP contribution is -2.11. The maximum absolute atomic E-state index is 5.78. The van der Waals surface area contributed by atoms with Crippen molar-refractivity contribution in [2.45, 2.75) is 33.6 Å². The van der Waals surface area contributed by atoms with Crippen LogP contribution in [0.2, 0.25) is 0 Å². The molecule has 0 aliphatic carbocycles. The Morgan fingerprint density at radius 2 is 2.10 bits per heavy atom. The molecule has 1 aromatic heterocycles.